The number of rotatable bonds is 7. The van der Waals surface area contributed by atoms with Gasteiger partial charge in [0.05, 0.1) is 10.9 Å². The van der Waals surface area contributed by atoms with Gasteiger partial charge in [-0.2, -0.15) is 4.72 Å². The molecule has 0 aromatic heterocycles. The lowest BCUT2D eigenvalue weighted by Gasteiger charge is -2.33. The van der Waals surface area contributed by atoms with Crippen LogP contribution >= 0.6 is 0 Å². The van der Waals surface area contributed by atoms with E-state index >= 15 is 0 Å². The molecule has 1 atom stereocenters. The van der Waals surface area contributed by atoms with Crippen LogP contribution in [-0.4, -0.2) is 50.4 Å². The van der Waals surface area contributed by atoms with Crippen LogP contribution in [0, 0.1) is 13.8 Å². The van der Waals surface area contributed by atoms with E-state index in [1.54, 1.807) is 11.8 Å². The summed E-state index contributed by atoms with van der Waals surface area (Å²) in [6, 6.07) is 10.9. The maximum atomic E-state index is 12.8. The van der Waals surface area contributed by atoms with Crippen molar-refractivity contribution in [1.29, 1.82) is 0 Å². The molecule has 1 aliphatic rings. The molecule has 1 fully saturated rings. The summed E-state index contributed by atoms with van der Waals surface area (Å²) in [6.45, 7) is 8.03. The van der Waals surface area contributed by atoms with Gasteiger partial charge in [0.2, 0.25) is 21.8 Å². The number of ether oxygens (including phenoxy) is 1. The van der Waals surface area contributed by atoms with E-state index in [2.05, 4.69) is 17.0 Å². The highest BCUT2D eigenvalue weighted by atomic mass is 32.2. The second-order valence-electron chi connectivity index (χ2n) is 8.44. The number of sulfonamides is 1. The minimum absolute atomic E-state index is 0.0188. The topological polar surface area (TPSA) is 105 Å². The molecule has 0 radical (unpaired) electrons. The van der Waals surface area contributed by atoms with Crippen LogP contribution in [0.2, 0.25) is 0 Å². The Hall–Kier alpha value is -2.91. The standard InChI is InChI=1S/C24H31N3O5S/c1-16-5-8-22(15-17(16)2)32-21-11-13-27(14-12-21)24(29)18(3)26-33(30,31)23-9-6-20(7-10-23)25-19(4)28/h5-10,15,18,21,26H,11-14H2,1-4H3,(H,25,28)/t18-/m0/s1. The number of nitrogens with one attached hydrogen (secondary N) is 2. The van der Waals surface area contributed by atoms with Crippen LogP contribution in [0.1, 0.15) is 37.8 Å². The molecule has 0 spiro atoms. The molecule has 0 aliphatic carbocycles. The number of carbonyl (C=O) groups excluding carboxylic acids is 2. The lowest BCUT2D eigenvalue weighted by atomic mass is 10.1. The van der Waals surface area contributed by atoms with Gasteiger partial charge in [0.15, 0.2) is 0 Å². The van der Waals surface area contributed by atoms with E-state index in [-0.39, 0.29) is 22.8 Å². The van der Waals surface area contributed by atoms with Crippen LogP contribution in [0.3, 0.4) is 0 Å². The zero-order valence-corrected chi connectivity index (χ0v) is 20.2. The number of nitrogens with zero attached hydrogens (tertiary/aromatic N) is 1. The molecular weight excluding hydrogens is 442 g/mol. The number of likely N-dealkylation sites (tertiary alicyclic amines) is 1. The molecule has 0 unspecified atom stereocenters. The number of carbonyl (C=O) groups is 2. The lowest BCUT2D eigenvalue weighted by Crippen LogP contribution is -2.50. The smallest absolute Gasteiger partial charge is 0.241 e. The Morgan fingerprint density at radius 2 is 1.67 bits per heavy atom. The average Bonchev–Trinajstić information content (AvgIpc) is 2.76. The third-order valence-electron chi connectivity index (χ3n) is 5.72. The number of piperidine rings is 1. The Labute approximate surface area is 195 Å². The van der Waals surface area contributed by atoms with E-state index in [1.165, 1.54) is 42.3 Å². The molecule has 0 saturated carbocycles. The van der Waals surface area contributed by atoms with Crippen LogP contribution in [0.5, 0.6) is 5.75 Å². The van der Waals surface area contributed by atoms with Crippen LogP contribution < -0.4 is 14.8 Å². The summed E-state index contributed by atoms with van der Waals surface area (Å²) in [6.07, 6.45) is 1.39. The van der Waals surface area contributed by atoms with Crippen LogP contribution in [0.25, 0.3) is 0 Å². The minimum atomic E-state index is -3.88. The van der Waals surface area contributed by atoms with E-state index in [1.807, 2.05) is 25.1 Å². The molecule has 9 heteroatoms. The maximum Gasteiger partial charge on any atom is 0.241 e. The van der Waals surface area contributed by atoms with Crippen molar-refractivity contribution in [3.8, 4) is 5.75 Å². The fourth-order valence-corrected chi connectivity index (χ4v) is 4.92. The van der Waals surface area contributed by atoms with E-state index in [9.17, 15) is 18.0 Å². The highest BCUT2D eigenvalue weighted by Crippen LogP contribution is 2.22. The van der Waals surface area contributed by atoms with Gasteiger partial charge >= 0.3 is 0 Å². The maximum absolute atomic E-state index is 12.8. The summed E-state index contributed by atoms with van der Waals surface area (Å²) in [5, 5.41) is 2.58. The number of hydrogen-bond donors (Lipinski definition) is 2. The zero-order chi connectivity index (χ0) is 24.2. The summed E-state index contributed by atoms with van der Waals surface area (Å²) in [7, 11) is -3.88. The minimum Gasteiger partial charge on any atom is -0.490 e. The molecule has 178 valence electrons. The first-order valence-electron chi connectivity index (χ1n) is 11.0. The predicted octanol–water partition coefficient (Wildman–Crippen LogP) is 3.00. The largest absolute Gasteiger partial charge is 0.490 e. The summed E-state index contributed by atoms with van der Waals surface area (Å²) in [4.78, 5) is 25.7. The van der Waals surface area contributed by atoms with Gasteiger partial charge in [-0.3, -0.25) is 9.59 Å². The van der Waals surface area contributed by atoms with Crippen molar-refractivity contribution in [1.82, 2.24) is 9.62 Å². The molecule has 33 heavy (non-hydrogen) atoms. The molecule has 0 bridgehead atoms. The van der Waals surface area contributed by atoms with Crippen molar-refractivity contribution in [3.05, 3.63) is 53.6 Å². The Bertz CT molecular complexity index is 1110. The van der Waals surface area contributed by atoms with E-state index < -0.39 is 16.1 Å². The SMILES string of the molecule is CC(=O)Nc1ccc(S(=O)(=O)N[C@@H](C)C(=O)N2CCC(Oc3ccc(C)c(C)c3)CC2)cc1. The van der Waals surface area contributed by atoms with Gasteiger partial charge in [-0.05, 0) is 68.3 Å². The Balaban J connectivity index is 1.53. The van der Waals surface area contributed by atoms with Gasteiger partial charge in [0, 0.05) is 38.5 Å². The quantitative estimate of drug-likeness (QED) is 0.643. The second kappa shape index (κ2) is 10.4. The highest BCUT2D eigenvalue weighted by molar-refractivity contribution is 7.89. The van der Waals surface area contributed by atoms with Gasteiger partial charge in [0.1, 0.15) is 11.9 Å². The molecule has 1 aliphatic heterocycles. The van der Waals surface area contributed by atoms with Crippen molar-refractivity contribution in [2.45, 2.75) is 57.6 Å². The second-order valence-corrected chi connectivity index (χ2v) is 10.2. The van der Waals surface area contributed by atoms with Crippen molar-refractivity contribution >= 4 is 27.5 Å². The molecular formula is C24H31N3O5S. The summed E-state index contributed by atoms with van der Waals surface area (Å²) < 4.78 is 33.9. The molecule has 1 saturated heterocycles. The average molecular weight is 474 g/mol. The number of anilines is 1. The normalized spacial score (nSPS) is 15.7. The number of amides is 2. The fraction of sp³-hybridized carbons (Fsp3) is 0.417. The van der Waals surface area contributed by atoms with E-state index in [0.717, 1.165) is 5.75 Å². The van der Waals surface area contributed by atoms with Crippen LogP contribution in [0.4, 0.5) is 5.69 Å². The first kappa shape index (κ1) is 24.7. The first-order chi connectivity index (χ1) is 15.5. The molecule has 2 amide bonds. The number of aryl methyl sites for hydroxylation is 2. The van der Waals surface area contributed by atoms with E-state index in [0.29, 0.717) is 31.6 Å². The summed E-state index contributed by atoms with van der Waals surface area (Å²) in [5.41, 5.74) is 2.88. The Kier molecular flexibility index (Phi) is 7.76. The van der Waals surface area contributed by atoms with Crippen LogP contribution in [0.15, 0.2) is 47.4 Å². The monoisotopic (exact) mass is 473 g/mol. The van der Waals surface area contributed by atoms with Crippen molar-refractivity contribution in [2.24, 2.45) is 0 Å². The Morgan fingerprint density at radius 3 is 2.24 bits per heavy atom. The van der Waals surface area contributed by atoms with Crippen molar-refractivity contribution in [2.75, 3.05) is 18.4 Å². The first-order valence-corrected chi connectivity index (χ1v) is 12.5. The third-order valence-corrected chi connectivity index (χ3v) is 7.28. The van der Waals surface area contributed by atoms with Gasteiger partial charge in [-0.25, -0.2) is 8.42 Å². The zero-order valence-electron chi connectivity index (χ0n) is 19.4. The van der Waals surface area contributed by atoms with E-state index in [4.69, 9.17) is 4.74 Å². The van der Waals surface area contributed by atoms with Gasteiger partial charge in [0.25, 0.3) is 0 Å². The molecule has 2 aromatic rings. The highest BCUT2D eigenvalue weighted by Gasteiger charge is 2.29. The fourth-order valence-electron chi connectivity index (χ4n) is 3.72. The van der Waals surface area contributed by atoms with Gasteiger partial charge in [-0.1, -0.05) is 6.07 Å². The lowest BCUT2D eigenvalue weighted by molar-refractivity contribution is -0.134. The number of benzene rings is 2. The van der Waals surface area contributed by atoms with Crippen molar-refractivity contribution < 1.29 is 22.7 Å². The molecule has 8 nitrogen and oxygen atoms in total. The summed E-state index contributed by atoms with van der Waals surface area (Å²) >= 11 is 0. The van der Waals surface area contributed by atoms with Crippen LogP contribution in [-0.2, 0) is 19.6 Å². The molecule has 2 aromatic carbocycles. The Morgan fingerprint density at radius 1 is 1.03 bits per heavy atom. The third kappa shape index (κ3) is 6.55. The summed E-state index contributed by atoms with van der Waals surface area (Å²) in [5.74, 6) is 0.317. The number of hydrogen-bond acceptors (Lipinski definition) is 5. The van der Waals surface area contributed by atoms with Crippen molar-refractivity contribution in [3.63, 3.8) is 0 Å². The predicted molar refractivity (Wildman–Crippen MR) is 127 cm³/mol. The molecule has 3 rings (SSSR count). The molecule has 1 heterocycles. The molecule has 2 N–H and O–H groups in total. The van der Waals surface area contributed by atoms with Gasteiger partial charge < -0.3 is 15.0 Å². The van der Waals surface area contributed by atoms with Gasteiger partial charge in [-0.15, -0.1) is 0 Å².